The first kappa shape index (κ1) is 25.5. The molecule has 0 amide bonds. The lowest BCUT2D eigenvalue weighted by Crippen LogP contribution is -2.32. The van der Waals surface area contributed by atoms with Crippen LogP contribution in [0.3, 0.4) is 0 Å². The molecule has 194 valence electrons. The summed E-state index contributed by atoms with van der Waals surface area (Å²) in [6.45, 7) is 7.69. The summed E-state index contributed by atoms with van der Waals surface area (Å²) in [5.41, 5.74) is 5.79. The van der Waals surface area contributed by atoms with Crippen LogP contribution in [0.2, 0.25) is 0 Å². The van der Waals surface area contributed by atoms with Crippen molar-refractivity contribution in [3.63, 3.8) is 0 Å². The van der Waals surface area contributed by atoms with Gasteiger partial charge in [-0.15, -0.1) is 5.10 Å². The highest BCUT2D eigenvalue weighted by Crippen LogP contribution is 2.27. The zero-order valence-corrected chi connectivity index (χ0v) is 21.9. The first-order valence-electron chi connectivity index (χ1n) is 12.8. The predicted molar refractivity (Wildman–Crippen MR) is 146 cm³/mol. The molecule has 0 radical (unpaired) electrons. The van der Waals surface area contributed by atoms with Gasteiger partial charge in [0.15, 0.2) is 5.82 Å². The van der Waals surface area contributed by atoms with Crippen LogP contribution in [0, 0.1) is 19.7 Å². The van der Waals surface area contributed by atoms with Crippen LogP contribution in [0.1, 0.15) is 53.0 Å². The van der Waals surface area contributed by atoms with E-state index in [2.05, 4.69) is 57.5 Å². The molecule has 2 heterocycles. The van der Waals surface area contributed by atoms with Gasteiger partial charge in [-0.05, 0) is 88.7 Å². The van der Waals surface area contributed by atoms with Crippen LogP contribution in [-0.2, 0) is 19.6 Å². The summed E-state index contributed by atoms with van der Waals surface area (Å²) in [4.78, 5) is 18.5. The van der Waals surface area contributed by atoms with Crippen LogP contribution in [0.25, 0.3) is 10.9 Å². The molecule has 0 fully saturated rings. The average Bonchev–Trinajstić information content (AvgIpc) is 3.36. The first-order valence-corrected chi connectivity index (χ1v) is 12.8. The highest BCUT2D eigenvalue weighted by Gasteiger charge is 2.26. The third-order valence-corrected chi connectivity index (χ3v) is 7.07. The Balaban J connectivity index is 1.52. The molecule has 0 unspecified atom stereocenters. The second kappa shape index (κ2) is 11.1. The van der Waals surface area contributed by atoms with Crippen molar-refractivity contribution >= 4 is 10.9 Å². The van der Waals surface area contributed by atoms with Crippen molar-refractivity contribution in [2.24, 2.45) is 0 Å². The largest absolute Gasteiger partial charge is 0.322 e. The second-order valence-electron chi connectivity index (χ2n) is 9.78. The summed E-state index contributed by atoms with van der Waals surface area (Å²) in [7, 11) is 0. The van der Waals surface area contributed by atoms with Gasteiger partial charge in [-0.25, -0.2) is 9.07 Å². The molecule has 0 aliphatic rings. The topological polar surface area (TPSA) is 79.7 Å². The molecular formula is C30H31FN6O. The van der Waals surface area contributed by atoms with E-state index in [9.17, 15) is 9.18 Å². The van der Waals surface area contributed by atoms with Crippen LogP contribution in [0.4, 0.5) is 4.39 Å². The molecule has 8 heteroatoms. The maximum absolute atomic E-state index is 13.4. The standard InChI is InChI=1S/C30H31FN6O/c1-4-28(29-33-34-35-37(29)18-23-10-12-26(31)13-11-23)36(17-22-8-6-5-7-9-22)19-25-16-24-14-20(2)21(3)15-27(24)32-30(25)38/h5-16,28H,4,17-19H2,1-3H3,(H,32,38)/t28-/m0/s1. The average molecular weight is 511 g/mol. The van der Waals surface area contributed by atoms with E-state index in [0.29, 0.717) is 31.0 Å². The maximum Gasteiger partial charge on any atom is 0.252 e. The number of hydrogen-bond donors (Lipinski definition) is 1. The molecule has 7 nitrogen and oxygen atoms in total. The minimum atomic E-state index is -0.280. The quantitative estimate of drug-likeness (QED) is 0.284. The molecule has 38 heavy (non-hydrogen) atoms. The monoisotopic (exact) mass is 510 g/mol. The minimum Gasteiger partial charge on any atom is -0.322 e. The van der Waals surface area contributed by atoms with E-state index >= 15 is 0 Å². The molecule has 0 saturated heterocycles. The lowest BCUT2D eigenvalue weighted by molar-refractivity contribution is 0.161. The van der Waals surface area contributed by atoms with Gasteiger partial charge in [0.05, 0.1) is 12.6 Å². The SMILES string of the molecule is CC[C@@H](c1nnnn1Cc1ccc(F)cc1)N(Cc1ccccc1)Cc1cc2cc(C)c(C)cc2[nH]c1=O. The normalized spacial score (nSPS) is 12.3. The van der Waals surface area contributed by atoms with Gasteiger partial charge in [0.25, 0.3) is 5.56 Å². The fourth-order valence-electron chi connectivity index (χ4n) is 4.88. The van der Waals surface area contributed by atoms with Gasteiger partial charge in [-0.3, -0.25) is 9.69 Å². The molecular weight excluding hydrogens is 479 g/mol. The Hall–Kier alpha value is -4.17. The van der Waals surface area contributed by atoms with Gasteiger partial charge in [0.2, 0.25) is 0 Å². The number of aromatic amines is 1. The van der Waals surface area contributed by atoms with Gasteiger partial charge in [0, 0.05) is 24.2 Å². The second-order valence-corrected chi connectivity index (χ2v) is 9.78. The summed E-state index contributed by atoms with van der Waals surface area (Å²) in [6, 6.07) is 22.5. The number of fused-ring (bicyclic) bond motifs is 1. The fraction of sp³-hybridized carbons (Fsp3) is 0.267. The van der Waals surface area contributed by atoms with Gasteiger partial charge < -0.3 is 4.98 Å². The molecule has 5 aromatic rings. The molecule has 0 saturated carbocycles. The van der Waals surface area contributed by atoms with Crippen molar-refractivity contribution in [1.82, 2.24) is 30.1 Å². The van der Waals surface area contributed by atoms with Gasteiger partial charge >= 0.3 is 0 Å². The molecule has 0 aliphatic heterocycles. The number of rotatable bonds is 9. The van der Waals surface area contributed by atoms with Crippen molar-refractivity contribution in [2.45, 2.75) is 52.9 Å². The van der Waals surface area contributed by atoms with Crippen molar-refractivity contribution in [3.8, 4) is 0 Å². The Morgan fingerprint density at radius 2 is 1.68 bits per heavy atom. The highest BCUT2D eigenvalue weighted by atomic mass is 19.1. The van der Waals surface area contributed by atoms with E-state index in [1.165, 1.54) is 17.7 Å². The first-order chi connectivity index (χ1) is 18.4. The molecule has 1 N–H and O–H groups in total. The number of halogens is 1. The number of hydrogen-bond acceptors (Lipinski definition) is 5. The molecule has 0 spiro atoms. The van der Waals surface area contributed by atoms with E-state index in [0.717, 1.165) is 34.0 Å². The smallest absolute Gasteiger partial charge is 0.252 e. The predicted octanol–water partition coefficient (Wildman–Crippen LogP) is 5.47. The Morgan fingerprint density at radius 1 is 0.947 bits per heavy atom. The zero-order valence-electron chi connectivity index (χ0n) is 21.9. The van der Waals surface area contributed by atoms with E-state index in [1.54, 1.807) is 16.8 Å². The minimum absolute atomic E-state index is 0.0976. The number of nitrogens with zero attached hydrogens (tertiary/aromatic N) is 5. The summed E-state index contributed by atoms with van der Waals surface area (Å²) < 4.78 is 15.2. The maximum atomic E-state index is 13.4. The fourth-order valence-corrected chi connectivity index (χ4v) is 4.88. The number of aromatic nitrogens is 5. The van der Waals surface area contributed by atoms with Crippen LogP contribution in [0.5, 0.6) is 0 Å². The number of aryl methyl sites for hydroxylation is 2. The van der Waals surface area contributed by atoms with Crippen LogP contribution in [-0.4, -0.2) is 30.1 Å². The molecule has 3 aromatic carbocycles. The molecule has 5 rings (SSSR count). The van der Waals surface area contributed by atoms with E-state index in [-0.39, 0.29) is 17.4 Å². The zero-order chi connectivity index (χ0) is 26.6. The van der Waals surface area contributed by atoms with Gasteiger partial charge in [0.1, 0.15) is 5.82 Å². The number of nitrogens with one attached hydrogen (secondary N) is 1. The Bertz CT molecular complexity index is 1590. The van der Waals surface area contributed by atoms with Crippen LogP contribution in [0.15, 0.2) is 77.6 Å². The molecule has 2 aromatic heterocycles. The Labute approximate surface area is 220 Å². The number of tetrazole rings is 1. The third kappa shape index (κ3) is 5.55. The summed E-state index contributed by atoms with van der Waals surface area (Å²) in [6.07, 6.45) is 0.737. The molecule has 1 atom stereocenters. The highest BCUT2D eigenvalue weighted by molar-refractivity contribution is 5.80. The number of pyridine rings is 1. The van der Waals surface area contributed by atoms with Crippen molar-refractivity contribution in [2.75, 3.05) is 0 Å². The van der Waals surface area contributed by atoms with Gasteiger partial charge in [-0.1, -0.05) is 49.4 Å². The lowest BCUT2D eigenvalue weighted by atomic mass is 10.0. The van der Waals surface area contributed by atoms with Crippen LogP contribution >= 0.6 is 0 Å². The van der Waals surface area contributed by atoms with E-state index < -0.39 is 0 Å². The number of benzene rings is 3. The summed E-state index contributed by atoms with van der Waals surface area (Å²) in [5.74, 6) is 0.425. The molecule has 0 bridgehead atoms. The Morgan fingerprint density at radius 3 is 2.42 bits per heavy atom. The summed E-state index contributed by atoms with van der Waals surface area (Å²) >= 11 is 0. The van der Waals surface area contributed by atoms with Crippen LogP contribution < -0.4 is 5.56 Å². The molecule has 0 aliphatic carbocycles. The van der Waals surface area contributed by atoms with E-state index in [4.69, 9.17) is 0 Å². The third-order valence-electron chi connectivity index (χ3n) is 7.07. The van der Waals surface area contributed by atoms with Crippen molar-refractivity contribution < 1.29 is 4.39 Å². The van der Waals surface area contributed by atoms with Gasteiger partial charge in [-0.2, -0.15) is 0 Å². The van der Waals surface area contributed by atoms with Crippen molar-refractivity contribution in [1.29, 1.82) is 0 Å². The van der Waals surface area contributed by atoms with E-state index in [1.807, 2.05) is 37.3 Å². The Kier molecular flexibility index (Phi) is 7.42. The lowest BCUT2D eigenvalue weighted by Gasteiger charge is -2.30. The summed E-state index contributed by atoms with van der Waals surface area (Å²) in [5, 5.41) is 13.6. The number of H-pyrrole nitrogens is 1. The van der Waals surface area contributed by atoms with Crippen molar-refractivity contribution in [3.05, 3.63) is 123 Å².